The quantitative estimate of drug-likeness (QED) is 0.762. The number of nitrogens with zero attached hydrogens (tertiary/aromatic N) is 2. The normalized spacial score (nSPS) is 13.3. The molecule has 1 aliphatic heterocycles. The highest BCUT2D eigenvalue weighted by molar-refractivity contribution is 6.21. The molecule has 0 saturated carbocycles. The summed E-state index contributed by atoms with van der Waals surface area (Å²) in [6.45, 7) is 8.10. The van der Waals surface area contributed by atoms with Gasteiger partial charge >= 0.3 is 0 Å². The van der Waals surface area contributed by atoms with E-state index in [4.69, 9.17) is 0 Å². The fourth-order valence-electron chi connectivity index (χ4n) is 3.41. The average molecular weight is 364 g/mol. The van der Waals surface area contributed by atoms with Crippen LogP contribution in [0.25, 0.3) is 0 Å². The number of hydrogen-bond acceptors (Lipinski definition) is 3. The number of hydrogen-bond donors (Lipinski definition) is 0. The van der Waals surface area contributed by atoms with E-state index in [9.17, 15) is 14.4 Å². The second-order valence-electron chi connectivity index (χ2n) is 7.24. The maximum Gasteiger partial charge on any atom is 0.261 e. The van der Waals surface area contributed by atoms with E-state index in [1.165, 1.54) is 4.90 Å². The number of carbonyl (C=O) groups is 3. The van der Waals surface area contributed by atoms with Crippen molar-refractivity contribution in [3.63, 3.8) is 0 Å². The largest absolute Gasteiger partial charge is 0.310 e. The van der Waals surface area contributed by atoms with Crippen LogP contribution in [0.4, 0.5) is 5.69 Å². The molecule has 3 rings (SSSR count). The van der Waals surface area contributed by atoms with Gasteiger partial charge in [0, 0.05) is 24.7 Å². The van der Waals surface area contributed by atoms with Crippen LogP contribution < -0.4 is 4.90 Å². The minimum atomic E-state index is -0.298. The summed E-state index contributed by atoms with van der Waals surface area (Å²) in [7, 11) is 0. The molecule has 0 atom stereocenters. The molecule has 0 spiro atoms. The SMILES string of the molecule is Cc1ccc(N(CCN2C(=O)c3ccccc3C2=O)C(=O)C(C)C)c(C)c1. The van der Waals surface area contributed by atoms with E-state index < -0.39 is 0 Å². The van der Waals surface area contributed by atoms with E-state index in [0.29, 0.717) is 11.1 Å². The number of anilines is 1. The molecule has 0 aromatic heterocycles. The molecule has 27 heavy (non-hydrogen) atoms. The third-order valence-electron chi connectivity index (χ3n) is 4.83. The summed E-state index contributed by atoms with van der Waals surface area (Å²) in [4.78, 5) is 40.9. The zero-order valence-corrected chi connectivity index (χ0v) is 16.2. The van der Waals surface area contributed by atoms with Crippen LogP contribution in [0.15, 0.2) is 42.5 Å². The Kier molecular flexibility index (Phi) is 5.13. The summed E-state index contributed by atoms with van der Waals surface area (Å²) in [6, 6.07) is 12.7. The van der Waals surface area contributed by atoms with Crippen molar-refractivity contribution in [1.82, 2.24) is 4.90 Å². The van der Waals surface area contributed by atoms with Gasteiger partial charge in [0.25, 0.3) is 11.8 Å². The zero-order valence-electron chi connectivity index (χ0n) is 16.2. The van der Waals surface area contributed by atoms with Crippen molar-refractivity contribution in [3.05, 3.63) is 64.7 Å². The first-order chi connectivity index (χ1) is 12.8. The standard InChI is InChI=1S/C22H24N2O3/c1-14(2)20(25)23(19-10-9-15(3)13-16(19)4)11-12-24-21(26)17-7-5-6-8-18(17)22(24)27/h5-10,13-14H,11-12H2,1-4H3. The average Bonchev–Trinajstić information content (AvgIpc) is 2.88. The molecule has 5 nitrogen and oxygen atoms in total. The fraction of sp³-hybridized carbons (Fsp3) is 0.318. The van der Waals surface area contributed by atoms with Crippen molar-refractivity contribution in [1.29, 1.82) is 0 Å². The van der Waals surface area contributed by atoms with Gasteiger partial charge in [-0.1, -0.05) is 43.7 Å². The molecule has 0 fully saturated rings. The van der Waals surface area contributed by atoms with E-state index in [0.717, 1.165) is 16.8 Å². The molecular formula is C22H24N2O3. The number of imide groups is 1. The highest BCUT2D eigenvalue weighted by Crippen LogP contribution is 2.25. The number of carbonyl (C=O) groups excluding carboxylic acids is 3. The monoisotopic (exact) mass is 364 g/mol. The second kappa shape index (κ2) is 7.35. The summed E-state index contributed by atoms with van der Waals surface area (Å²) in [5, 5.41) is 0. The molecule has 0 radical (unpaired) electrons. The van der Waals surface area contributed by atoms with Crippen LogP contribution in [-0.2, 0) is 4.79 Å². The molecule has 1 aliphatic rings. The molecule has 5 heteroatoms. The first-order valence-corrected chi connectivity index (χ1v) is 9.15. The van der Waals surface area contributed by atoms with Gasteiger partial charge in [-0.05, 0) is 37.6 Å². The van der Waals surface area contributed by atoms with Crippen molar-refractivity contribution >= 4 is 23.4 Å². The van der Waals surface area contributed by atoms with Crippen molar-refractivity contribution in [2.24, 2.45) is 5.92 Å². The van der Waals surface area contributed by atoms with E-state index in [-0.39, 0.29) is 36.7 Å². The smallest absolute Gasteiger partial charge is 0.261 e. The molecule has 0 bridgehead atoms. The van der Waals surface area contributed by atoms with Gasteiger partial charge in [0.1, 0.15) is 0 Å². The minimum Gasteiger partial charge on any atom is -0.310 e. The van der Waals surface area contributed by atoms with Crippen LogP contribution in [0, 0.1) is 19.8 Å². The molecule has 1 heterocycles. The van der Waals surface area contributed by atoms with Gasteiger partial charge in [0.15, 0.2) is 0 Å². The van der Waals surface area contributed by atoms with Gasteiger partial charge in [-0.25, -0.2) is 0 Å². The predicted molar refractivity (Wildman–Crippen MR) is 105 cm³/mol. The van der Waals surface area contributed by atoms with Crippen molar-refractivity contribution in [3.8, 4) is 0 Å². The Morgan fingerprint density at radius 3 is 2.11 bits per heavy atom. The number of fused-ring (bicyclic) bond motifs is 1. The molecule has 140 valence electrons. The zero-order chi connectivity index (χ0) is 19.7. The Labute approximate surface area is 159 Å². The third kappa shape index (κ3) is 3.50. The Balaban J connectivity index is 1.85. The first-order valence-electron chi connectivity index (χ1n) is 9.15. The van der Waals surface area contributed by atoms with Crippen LogP contribution >= 0.6 is 0 Å². The Hall–Kier alpha value is -2.95. The lowest BCUT2D eigenvalue weighted by Gasteiger charge is -2.28. The highest BCUT2D eigenvalue weighted by Gasteiger charge is 2.35. The number of amides is 3. The second-order valence-corrected chi connectivity index (χ2v) is 7.24. The summed E-state index contributed by atoms with van der Waals surface area (Å²) >= 11 is 0. The summed E-state index contributed by atoms with van der Waals surface area (Å²) in [6.07, 6.45) is 0. The van der Waals surface area contributed by atoms with Crippen molar-refractivity contribution < 1.29 is 14.4 Å². The number of aryl methyl sites for hydroxylation is 2. The van der Waals surface area contributed by atoms with Crippen molar-refractivity contribution in [2.75, 3.05) is 18.0 Å². The van der Waals surface area contributed by atoms with E-state index in [1.807, 2.05) is 45.9 Å². The van der Waals surface area contributed by atoms with E-state index >= 15 is 0 Å². The van der Waals surface area contributed by atoms with Crippen LogP contribution in [0.5, 0.6) is 0 Å². The topological polar surface area (TPSA) is 57.7 Å². The summed E-state index contributed by atoms with van der Waals surface area (Å²) in [5.74, 6) is -0.812. The van der Waals surface area contributed by atoms with Gasteiger partial charge in [-0.15, -0.1) is 0 Å². The first kappa shape index (κ1) is 18.8. The molecular weight excluding hydrogens is 340 g/mol. The Bertz CT molecular complexity index is 883. The fourth-order valence-corrected chi connectivity index (χ4v) is 3.41. The predicted octanol–water partition coefficient (Wildman–Crippen LogP) is 3.59. The molecule has 0 unspecified atom stereocenters. The van der Waals surface area contributed by atoms with Crippen molar-refractivity contribution in [2.45, 2.75) is 27.7 Å². The molecule has 0 N–H and O–H groups in total. The van der Waals surface area contributed by atoms with Gasteiger partial charge in [0.2, 0.25) is 5.91 Å². The Morgan fingerprint density at radius 2 is 1.59 bits per heavy atom. The van der Waals surface area contributed by atoms with Gasteiger partial charge in [-0.3, -0.25) is 19.3 Å². The Morgan fingerprint density at radius 1 is 1.00 bits per heavy atom. The minimum absolute atomic E-state index is 0.0291. The van der Waals surface area contributed by atoms with Crippen LogP contribution in [0.1, 0.15) is 45.7 Å². The number of rotatable bonds is 5. The molecule has 2 aromatic rings. The van der Waals surface area contributed by atoms with Gasteiger partial charge in [-0.2, -0.15) is 0 Å². The lowest BCUT2D eigenvalue weighted by Crippen LogP contribution is -2.42. The lowest BCUT2D eigenvalue weighted by atomic mass is 10.1. The summed E-state index contributed by atoms with van der Waals surface area (Å²) in [5.41, 5.74) is 3.78. The van der Waals surface area contributed by atoms with Gasteiger partial charge in [0.05, 0.1) is 11.1 Å². The molecule has 0 saturated heterocycles. The van der Waals surface area contributed by atoms with E-state index in [1.54, 1.807) is 29.2 Å². The number of benzene rings is 2. The maximum absolute atomic E-state index is 12.8. The van der Waals surface area contributed by atoms with Crippen LogP contribution in [0.3, 0.4) is 0 Å². The highest BCUT2D eigenvalue weighted by atomic mass is 16.2. The van der Waals surface area contributed by atoms with Crippen LogP contribution in [-0.4, -0.2) is 35.7 Å². The molecule has 2 aromatic carbocycles. The third-order valence-corrected chi connectivity index (χ3v) is 4.83. The lowest BCUT2D eigenvalue weighted by molar-refractivity contribution is -0.121. The van der Waals surface area contributed by atoms with E-state index in [2.05, 4.69) is 0 Å². The summed E-state index contributed by atoms with van der Waals surface area (Å²) < 4.78 is 0. The molecule has 3 amide bonds. The maximum atomic E-state index is 12.8. The van der Waals surface area contributed by atoms with Gasteiger partial charge < -0.3 is 4.90 Å². The molecule has 0 aliphatic carbocycles. The van der Waals surface area contributed by atoms with Crippen LogP contribution in [0.2, 0.25) is 0 Å².